The van der Waals surface area contributed by atoms with Crippen LogP contribution in [0.15, 0.2) is 27.1 Å². The van der Waals surface area contributed by atoms with Crippen LogP contribution in [0, 0.1) is 6.92 Å². The van der Waals surface area contributed by atoms with Crippen molar-refractivity contribution in [2.75, 3.05) is 6.54 Å². The van der Waals surface area contributed by atoms with Gasteiger partial charge >= 0.3 is 0 Å². The maximum atomic E-state index is 5.90. The highest BCUT2D eigenvalue weighted by Gasteiger charge is 2.12. The van der Waals surface area contributed by atoms with Gasteiger partial charge in [-0.3, -0.25) is 0 Å². The highest BCUT2D eigenvalue weighted by molar-refractivity contribution is 9.10. The van der Waals surface area contributed by atoms with E-state index in [9.17, 15) is 0 Å². The van der Waals surface area contributed by atoms with Crippen molar-refractivity contribution < 1.29 is 4.42 Å². The van der Waals surface area contributed by atoms with Crippen molar-refractivity contribution >= 4 is 26.9 Å². The standard InChI is InChI=1S/C14H18BrNO/c1-4-5-16-10(3)13-8-11-6-9(2)7-12(15)14(11)17-13/h6-8,10,16H,4-5H2,1-3H3. The number of fused-ring (bicyclic) bond motifs is 1. The van der Waals surface area contributed by atoms with Gasteiger partial charge < -0.3 is 9.73 Å². The molecule has 1 N–H and O–H groups in total. The summed E-state index contributed by atoms with van der Waals surface area (Å²) >= 11 is 3.55. The summed E-state index contributed by atoms with van der Waals surface area (Å²) in [6.45, 7) is 7.40. The van der Waals surface area contributed by atoms with Gasteiger partial charge in [-0.2, -0.15) is 0 Å². The minimum absolute atomic E-state index is 0.259. The summed E-state index contributed by atoms with van der Waals surface area (Å²) in [6.07, 6.45) is 1.13. The molecule has 1 atom stereocenters. The molecule has 1 heterocycles. The van der Waals surface area contributed by atoms with Gasteiger partial charge in [0.1, 0.15) is 11.3 Å². The summed E-state index contributed by atoms with van der Waals surface area (Å²) < 4.78 is 6.93. The largest absolute Gasteiger partial charge is 0.458 e. The van der Waals surface area contributed by atoms with Gasteiger partial charge in [0.05, 0.1) is 10.5 Å². The van der Waals surface area contributed by atoms with E-state index in [4.69, 9.17) is 4.42 Å². The first-order valence-electron chi connectivity index (χ1n) is 6.04. The first-order valence-corrected chi connectivity index (χ1v) is 6.84. The number of halogens is 1. The van der Waals surface area contributed by atoms with Gasteiger partial charge in [0.15, 0.2) is 0 Å². The average molecular weight is 296 g/mol. The van der Waals surface area contributed by atoms with Crippen LogP contribution in [0.4, 0.5) is 0 Å². The number of hydrogen-bond donors (Lipinski definition) is 1. The molecule has 2 nitrogen and oxygen atoms in total. The van der Waals surface area contributed by atoms with Crippen molar-refractivity contribution in [3.8, 4) is 0 Å². The molecule has 0 saturated heterocycles. The third-order valence-corrected chi connectivity index (χ3v) is 3.45. The maximum absolute atomic E-state index is 5.90. The molecule has 2 rings (SSSR count). The Bertz CT molecular complexity index is 518. The van der Waals surface area contributed by atoms with Crippen molar-refractivity contribution in [2.24, 2.45) is 0 Å². The number of hydrogen-bond acceptors (Lipinski definition) is 2. The quantitative estimate of drug-likeness (QED) is 0.894. The molecule has 0 aliphatic carbocycles. The molecule has 0 aliphatic rings. The lowest BCUT2D eigenvalue weighted by Crippen LogP contribution is -2.18. The molecule has 1 aromatic heterocycles. The molecule has 1 unspecified atom stereocenters. The third kappa shape index (κ3) is 2.72. The Labute approximate surface area is 111 Å². The Morgan fingerprint density at radius 2 is 2.12 bits per heavy atom. The SMILES string of the molecule is CCCNC(C)c1cc2cc(C)cc(Br)c2o1. The van der Waals surface area contributed by atoms with E-state index in [0.29, 0.717) is 0 Å². The van der Waals surface area contributed by atoms with Crippen LogP contribution in [0.25, 0.3) is 11.0 Å². The second kappa shape index (κ2) is 5.23. The van der Waals surface area contributed by atoms with Crippen LogP contribution in [0.2, 0.25) is 0 Å². The second-order valence-electron chi connectivity index (χ2n) is 4.49. The summed E-state index contributed by atoms with van der Waals surface area (Å²) in [4.78, 5) is 0. The smallest absolute Gasteiger partial charge is 0.148 e. The molecule has 1 aromatic carbocycles. The van der Waals surface area contributed by atoms with E-state index in [1.807, 2.05) is 0 Å². The van der Waals surface area contributed by atoms with E-state index in [1.165, 1.54) is 5.56 Å². The van der Waals surface area contributed by atoms with Crippen LogP contribution in [0.1, 0.15) is 37.6 Å². The summed E-state index contributed by atoms with van der Waals surface area (Å²) in [5, 5.41) is 4.60. The Morgan fingerprint density at radius 1 is 1.35 bits per heavy atom. The van der Waals surface area contributed by atoms with Gasteiger partial charge in [-0.1, -0.05) is 6.92 Å². The zero-order valence-electron chi connectivity index (χ0n) is 10.5. The van der Waals surface area contributed by atoms with Crippen molar-refractivity contribution in [3.63, 3.8) is 0 Å². The van der Waals surface area contributed by atoms with Crippen LogP contribution < -0.4 is 5.32 Å². The minimum Gasteiger partial charge on any atom is -0.458 e. The highest BCUT2D eigenvalue weighted by Crippen LogP contribution is 2.30. The van der Waals surface area contributed by atoms with Crippen LogP contribution in [0.3, 0.4) is 0 Å². The first kappa shape index (κ1) is 12.7. The van der Waals surface area contributed by atoms with E-state index in [2.05, 4.69) is 60.2 Å². The lowest BCUT2D eigenvalue weighted by atomic mass is 10.1. The predicted octanol–water partition coefficient (Wildman–Crippen LogP) is 4.56. The minimum atomic E-state index is 0.259. The fourth-order valence-electron chi connectivity index (χ4n) is 1.95. The van der Waals surface area contributed by atoms with Crippen molar-refractivity contribution in [1.29, 1.82) is 0 Å². The Balaban J connectivity index is 2.34. The van der Waals surface area contributed by atoms with E-state index < -0.39 is 0 Å². The lowest BCUT2D eigenvalue weighted by Gasteiger charge is -2.09. The van der Waals surface area contributed by atoms with Crippen molar-refractivity contribution in [2.45, 2.75) is 33.2 Å². The van der Waals surface area contributed by atoms with Crippen LogP contribution in [-0.4, -0.2) is 6.54 Å². The van der Waals surface area contributed by atoms with E-state index in [-0.39, 0.29) is 6.04 Å². The van der Waals surface area contributed by atoms with E-state index in [0.717, 1.165) is 34.2 Å². The maximum Gasteiger partial charge on any atom is 0.148 e. The number of furan rings is 1. The summed E-state index contributed by atoms with van der Waals surface area (Å²) in [6, 6.07) is 6.62. The van der Waals surface area contributed by atoms with Gasteiger partial charge in [-0.15, -0.1) is 0 Å². The molecular weight excluding hydrogens is 278 g/mol. The average Bonchev–Trinajstić information content (AvgIpc) is 2.69. The molecule has 0 spiro atoms. The Morgan fingerprint density at radius 3 is 2.82 bits per heavy atom. The molecule has 0 amide bonds. The third-order valence-electron chi connectivity index (χ3n) is 2.86. The molecule has 2 aromatic rings. The number of benzene rings is 1. The first-order chi connectivity index (χ1) is 8.11. The summed E-state index contributed by atoms with van der Waals surface area (Å²) in [5.74, 6) is 1.000. The van der Waals surface area contributed by atoms with Crippen LogP contribution in [-0.2, 0) is 0 Å². The van der Waals surface area contributed by atoms with Crippen molar-refractivity contribution in [3.05, 3.63) is 34.0 Å². The fraction of sp³-hybridized carbons (Fsp3) is 0.429. The zero-order chi connectivity index (χ0) is 12.4. The number of aryl methyl sites for hydroxylation is 1. The Hall–Kier alpha value is -0.800. The van der Waals surface area contributed by atoms with E-state index in [1.54, 1.807) is 0 Å². The van der Waals surface area contributed by atoms with Gasteiger partial charge in [0, 0.05) is 5.39 Å². The predicted molar refractivity (Wildman–Crippen MR) is 75.4 cm³/mol. The molecule has 0 saturated carbocycles. The highest BCUT2D eigenvalue weighted by atomic mass is 79.9. The summed E-state index contributed by atoms with van der Waals surface area (Å²) in [7, 11) is 0. The molecule has 0 bridgehead atoms. The molecular formula is C14H18BrNO. The molecule has 0 aliphatic heterocycles. The summed E-state index contributed by atoms with van der Waals surface area (Å²) in [5.41, 5.74) is 2.18. The van der Waals surface area contributed by atoms with Gasteiger partial charge in [0.2, 0.25) is 0 Å². The lowest BCUT2D eigenvalue weighted by molar-refractivity contribution is 0.451. The monoisotopic (exact) mass is 295 g/mol. The van der Waals surface area contributed by atoms with Gasteiger partial charge in [-0.05, 0) is 66.5 Å². The van der Waals surface area contributed by atoms with Gasteiger partial charge in [-0.25, -0.2) is 0 Å². The normalized spacial score (nSPS) is 13.2. The van der Waals surface area contributed by atoms with Crippen molar-refractivity contribution in [1.82, 2.24) is 5.32 Å². The molecule has 0 radical (unpaired) electrons. The Kier molecular flexibility index (Phi) is 3.89. The van der Waals surface area contributed by atoms with Gasteiger partial charge in [0.25, 0.3) is 0 Å². The molecule has 92 valence electrons. The topological polar surface area (TPSA) is 25.2 Å². The number of rotatable bonds is 4. The van der Waals surface area contributed by atoms with E-state index >= 15 is 0 Å². The zero-order valence-corrected chi connectivity index (χ0v) is 12.1. The fourth-order valence-corrected chi connectivity index (χ4v) is 2.62. The molecule has 17 heavy (non-hydrogen) atoms. The number of nitrogens with one attached hydrogen (secondary N) is 1. The second-order valence-corrected chi connectivity index (χ2v) is 5.34. The molecule has 0 fully saturated rings. The van der Waals surface area contributed by atoms with Crippen LogP contribution >= 0.6 is 15.9 Å². The molecule has 3 heteroatoms. The van der Waals surface area contributed by atoms with Crippen LogP contribution in [0.5, 0.6) is 0 Å².